The number of hydrogen-bond acceptors (Lipinski definition) is 7. The van der Waals surface area contributed by atoms with E-state index in [0.29, 0.717) is 28.7 Å². The van der Waals surface area contributed by atoms with Crippen molar-refractivity contribution in [1.82, 2.24) is 9.61 Å². The van der Waals surface area contributed by atoms with Gasteiger partial charge in [0.15, 0.2) is 5.82 Å². The Kier molecular flexibility index (Phi) is 9.51. The van der Waals surface area contributed by atoms with Gasteiger partial charge in [0, 0.05) is 12.3 Å². The van der Waals surface area contributed by atoms with Gasteiger partial charge < -0.3 is 37.8 Å². The number of pyridine rings is 1. The van der Waals surface area contributed by atoms with Crippen LogP contribution in [0.2, 0.25) is 0 Å². The van der Waals surface area contributed by atoms with E-state index in [1.165, 1.54) is 6.08 Å². The van der Waals surface area contributed by atoms with Gasteiger partial charge >= 0.3 is 0 Å². The van der Waals surface area contributed by atoms with Crippen molar-refractivity contribution in [3.63, 3.8) is 0 Å². The van der Waals surface area contributed by atoms with Crippen LogP contribution in [0.25, 0.3) is 5.52 Å². The Balaban J connectivity index is 0.00000240. The normalized spacial score (nSPS) is 15.1. The molecule has 0 atom stereocenters. The molecule has 1 aliphatic rings. The van der Waals surface area contributed by atoms with Crippen LogP contribution in [0.5, 0.6) is 0 Å². The number of fused-ring (bicyclic) bond motifs is 1. The SMILES string of the molecule is C[N+](C)(C)CCNc1nn2ccccc2c1N=C1C=C(OCCO)C(N)=CC1=N.Cl.[Cl-]. The van der Waals surface area contributed by atoms with Crippen LogP contribution in [-0.4, -0.2) is 78.1 Å². The second-order valence-electron chi connectivity index (χ2n) is 7.76. The molecule has 1 aliphatic carbocycles. The fraction of sp³-hybridized carbons (Fsp3) is 0.350. The first kappa shape index (κ1) is 26.4. The molecule has 0 unspecified atom stereocenters. The van der Waals surface area contributed by atoms with Crippen LogP contribution in [0.15, 0.2) is 53.0 Å². The highest BCUT2D eigenvalue weighted by Gasteiger charge is 2.19. The number of aliphatic hydroxyl groups is 1. The molecule has 0 saturated heterocycles. The van der Waals surface area contributed by atoms with Crippen LogP contribution in [0.4, 0.5) is 11.5 Å². The summed E-state index contributed by atoms with van der Waals surface area (Å²) in [4.78, 5) is 4.72. The zero-order valence-corrected chi connectivity index (χ0v) is 19.4. The maximum atomic E-state index is 9.00. The van der Waals surface area contributed by atoms with E-state index in [1.807, 2.05) is 24.4 Å². The maximum Gasteiger partial charge on any atom is 0.175 e. The molecule has 5 N–H and O–H groups in total. The Bertz CT molecular complexity index is 1010. The number of nitrogens with two attached hydrogens (primary N) is 1. The van der Waals surface area contributed by atoms with Crippen LogP contribution < -0.4 is 23.5 Å². The summed E-state index contributed by atoms with van der Waals surface area (Å²) in [6.07, 6.45) is 4.98. The van der Waals surface area contributed by atoms with E-state index in [-0.39, 0.29) is 43.7 Å². The van der Waals surface area contributed by atoms with Crippen LogP contribution in [-0.2, 0) is 4.74 Å². The van der Waals surface area contributed by atoms with Gasteiger partial charge in [0.2, 0.25) is 0 Å². The van der Waals surface area contributed by atoms with Crippen molar-refractivity contribution in [3.8, 4) is 0 Å². The van der Waals surface area contributed by atoms with Crippen molar-refractivity contribution in [2.45, 2.75) is 0 Å². The number of likely N-dealkylation sites (N-methyl/N-ethyl adjacent to an activating group) is 1. The molecular weight excluding hydrogens is 441 g/mol. The highest BCUT2D eigenvalue weighted by Crippen LogP contribution is 2.30. The van der Waals surface area contributed by atoms with Crippen LogP contribution in [0.3, 0.4) is 0 Å². The molecule has 11 heteroatoms. The van der Waals surface area contributed by atoms with Gasteiger partial charge in [0.1, 0.15) is 18.1 Å². The van der Waals surface area contributed by atoms with Gasteiger partial charge in [0.25, 0.3) is 0 Å². The molecule has 0 amide bonds. The van der Waals surface area contributed by atoms with E-state index >= 15 is 0 Å². The van der Waals surface area contributed by atoms with E-state index in [2.05, 4.69) is 31.6 Å². The lowest BCUT2D eigenvalue weighted by Crippen LogP contribution is -3.00. The van der Waals surface area contributed by atoms with E-state index in [0.717, 1.165) is 23.1 Å². The average molecular weight is 470 g/mol. The van der Waals surface area contributed by atoms with Crippen molar-refractivity contribution < 1.29 is 26.7 Å². The number of aromatic nitrogens is 2. The second-order valence-corrected chi connectivity index (χ2v) is 7.76. The van der Waals surface area contributed by atoms with Crippen molar-refractivity contribution in [3.05, 3.63) is 48.0 Å². The highest BCUT2D eigenvalue weighted by atomic mass is 35.5. The third-order valence-corrected chi connectivity index (χ3v) is 4.30. The number of nitrogens with zero attached hydrogens (tertiary/aromatic N) is 4. The van der Waals surface area contributed by atoms with Gasteiger partial charge in [-0.3, -0.25) is 5.41 Å². The van der Waals surface area contributed by atoms with E-state index in [9.17, 15) is 0 Å². The zero-order chi connectivity index (χ0) is 21.0. The number of nitrogens with one attached hydrogen (secondary N) is 2. The average Bonchev–Trinajstić information content (AvgIpc) is 2.99. The van der Waals surface area contributed by atoms with E-state index < -0.39 is 0 Å². The molecule has 2 heterocycles. The van der Waals surface area contributed by atoms with Gasteiger partial charge in [-0.25, -0.2) is 9.51 Å². The number of ether oxygens (including phenoxy) is 1. The van der Waals surface area contributed by atoms with Crippen LogP contribution >= 0.6 is 12.4 Å². The van der Waals surface area contributed by atoms with E-state index in [1.54, 1.807) is 10.6 Å². The van der Waals surface area contributed by atoms with Gasteiger partial charge in [0.05, 0.1) is 63.5 Å². The Morgan fingerprint density at radius 2 is 2.03 bits per heavy atom. The van der Waals surface area contributed by atoms with Crippen molar-refractivity contribution in [1.29, 1.82) is 5.41 Å². The molecular formula is C20H29Cl2N7O2. The summed E-state index contributed by atoms with van der Waals surface area (Å²) < 4.78 is 8.05. The molecule has 2 aromatic heterocycles. The molecule has 9 nitrogen and oxygen atoms in total. The van der Waals surface area contributed by atoms with Crippen LogP contribution in [0, 0.1) is 5.41 Å². The summed E-state index contributed by atoms with van der Waals surface area (Å²) in [6.45, 7) is 1.65. The predicted molar refractivity (Wildman–Crippen MR) is 122 cm³/mol. The fourth-order valence-electron chi connectivity index (χ4n) is 2.80. The number of anilines is 1. The summed E-state index contributed by atoms with van der Waals surface area (Å²) in [6, 6.07) is 5.76. The number of rotatable bonds is 8. The molecule has 2 aromatic rings. The Hall–Kier alpha value is -2.59. The highest BCUT2D eigenvalue weighted by molar-refractivity contribution is 6.50. The first-order valence-electron chi connectivity index (χ1n) is 9.41. The topological polar surface area (TPSA) is 121 Å². The number of hydrogen-bond donors (Lipinski definition) is 4. The molecule has 0 spiro atoms. The number of aliphatic imine (C=N–C) groups is 1. The molecule has 0 radical (unpaired) electrons. The van der Waals surface area contributed by atoms with Crippen molar-refractivity contribution in [2.75, 3.05) is 52.8 Å². The van der Waals surface area contributed by atoms with Gasteiger partial charge in [-0.15, -0.1) is 17.5 Å². The standard InChI is InChI=1S/C20H28N7O2.2ClH/c1-27(2,3)9-7-23-20-19(17-6-4-5-8-26(17)25-20)24-16-13-18(29-11-10-28)15(22)12-14(16)21;;/h4-6,8,12-13,21,28H,7,9-11,22H2,1-3H3,(H,23,25);2*1H/q+1;;/p-1. The summed E-state index contributed by atoms with van der Waals surface area (Å²) in [5, 5.41) is 25.2. The molecule has 0 aliphatic heterocycles. The molecule has 170 valence electrons. The number of quaternary nitrogens is 1. The minimum absolute atomic E-state index is 0. The smallest absolute Gasteiger partial charge is 0.175 e. The molecule has 0 fully saturated rings. The molecule has 31 heavy (non-hydrogen) atoms. The third kappa shape index (κ3) is 6.70. The molecule has 0 bridgehead atoms. The van der Waals surface area contributed by atoms with Gasteiger partial charge in [-0.1, -0.05) is 6.07 Å². The molecule has 0 saturated carbocycles. The quantitative estimate of drug-likeness (QED) is 0.283. The van der Waals surface area contributed by atoms with Crippen LogP contribution in [0.1, 0.15) is 0 Å². The van der Waals surface area contributed by atoms with Gasteiger partial charge in [-0.05, 0) is 18.2 Å². The van der Waals surface area contributed by atoms with E-state index in [4.69, 9.17) is 26.0 Å². The number of aliphatic hydroxyl groups excluding tert-OH is 1. The summed E-state index contributed by atoms with van der Waals surface area (Å²) in [7, 11) is 6.39. The maximum absolute atomic E-state index is 9.00. The van der Waals surface area contributed by atoms with Gasteiger partial charge in [-0.2, -0.15) is 0 Å². The number of allylic oxidation sites excluding steroid dienone is 2. The second kappa shape index (κ2) is 11.1. The monoisotopic (exact) mass is 469 g/mol. The minimum Gasteiger partial charge on any atom is -1.00 e. The lowest BCUT2D eigenvalue weighted by Gasteiger charge is -2.23. The Labute approximate surface area is 194 Å². The Morgan fingerprint density at radius 3 is 2.71 bits per heavy atom. The third-order valence-electron chi connectivity index (χ3n) is 4.30. The molecule has 3 rings (SSSR count). The number of halogens is 2. The largest absolute Gasteiger partial charge is 1.00 e. The molecule has 0 aromatic carbocycles. The first-order chi connectivity index (χ1) is 13.8. The fourth-order valence-corrected chi connectivity index (χ4v) is 2.80. The lowest BCUT2D eigenvalue weighted by molar-refractivity contribution is -0.868. The summed E-state index contributed by atoms with van der Waals surface area (Å²) >= 11 is 0. The first-order valence-corrected chi connectivity index (χ1v) is 9.41. The zero-order valence-electron chi connectivity index (χ0n) is 17.8. The lowest BCUT2D eigenvalue weighted by atomic mass is 10.1. The van der Waals surface area contributed by atoms with Crippen molar-refractivity contribution in [2.24, 2.45) is 10.7 Å². The summed E-state index contributed by atoms with van der Waals surface area (Å²) in [5.41, 5.74) is 8.35. The predicted octanol–water partition coefficient (Wildman–Crippen LogP) is -1.28. The van der Waals surface area contributed by atoms with Crippen molar-refractivity contribution >= 4 is 40.9 Å². The minimum atomic E-state index is -0.122. The summed E-state index contributed by atoms with van der Waals surface area (Å²) in [5.74, 6) is 1.04. The Morgan fingerprint density at radius 1 is 1.29 bits per heavy atom.